The number of hydrogen-bond donors (Lipinski definition) is 0. The van der Waals surface area contributed by atoms with Crippen LogP contribution in [0.3, 0.4) is 0 Å². The van der Waals surface area contributed by atoms with E-state index in [1.807, 2.05) is 6.92 Å². The topological polar surface area (TPSA) is 18.5 Å². The number of hydrogen-bond acceptors (Lipinski definition) is 2. The fourth-order valence-corrected chi connectivity index (χ4v) is 2.17. The summed E-state index contributed by atoms with van der Waals surface area (Å²) in [5.41, 5.74) is 2.53. The van der Waals surface area contributed by atoms with Crippen LogP contribution in [0.4, 0.5) is 0 Å². The Morgan fingerprint density at radius 3 is 2.44 bits per heavy atom. The molecule has 0 aromatic heterocycles. The van der Waals surface area contributed by atoms with E-state index in [0.717, 1.165) is 11.0 Å². The lowest BCUT2D eigenvalue weighted by Gasteiger charge is -2.16. The molecule has 0 aliphatic heterocycles. The van der Waals surface area contributed by atoms with Crippen molar-refractivity contribution in [2.24, 2.45) is 0 Å². The van der Waals surface area contributed by atoms with Crippen molar-refractivity contribution in [2.45, 2.75) is 20.0 Å². The first-order chi connectivity index (χ1) is 7.77. The second-order valence-electron chi connectivity index (χ2n) is 3.62. The molecule has 0 aliphatic carbocycles. The first-order valence-corrected chi connectivity index (χ1v) is 7.12. The highest BCUT2D eigenvalue weighted by atomic mass is 127. The van der Waals surface area contributed by atoms with Gasteiger partial charge in [0, 0.05) is 11.0 Å². The van der Waals surface area contributed by atoms with E-state index in [0.29, 0.717) is 13.2 Å². The number of rotatable bonds is 7. The molecule has 1 aromatic rings. The van der Waals surface area contributed by atoms with Crippen LogP contribution in [0.1, 0.15) is 24.2 Å². The molecule has 0 saturated carbocycles. The van der Waals surface area contributed by atoms with Crippen LogP contribution in [-0.4, -0.2) is 24.2 Å². The molecule has 3 heteroatoms. The molecule has 2 nitrogen and oxygen atoms in total. The Labute approximate surface area is 111 Å². The van der Waals surface area contributed by atoms with E-state index in [-0.39, 0.29) is 6.10 Å². The lowest BCUT2D eigenvalue weighted by Crippen LogP contribution is -2.11. The van der Waals surface area contributed by atoms with Gasteiger partial charge in [0.15, 0.2) is 0 Å². The van der Waals surface area contributed by atoms with E-state index in [1.54, 1.807) is 0 Å². The molecule has 0 bridgehead atoms. The van der Waals surface area contributed by atoms with Crippen LogP contribution in [0.2, 0.25) is 0 Å². The summed E-state index contributed by atoms with van der Waals surface area (Å²) in [5.74, 6) is 0. The van der Waals surface area contributed by atoms with Crippen molar-refractivity contribution in [2.75, 3.05) is 24.2 Å². The smallest absolute Gasteiger partial charge is 0.0915 e. The summed E-state index contributed by atoms with van der Waals surface area (Å²) in [4.78, 5) is 0. The number of alkyl halides is 1. The molecular formula is C13H19IO2. The van der Waals surface area contributed by atoms with Crippen molar-refractivity contribution in [1.29, 1.82) is 0 Å². The second-order valence-corrected chi connectivity index (χ2v) is 4.50. The van der Waals surface area contributed by atoms with Gasteiger partial charge in [-0.2, -0.15) is 0 Å². The fraction of sp³-hybridized carbons (Fsp3) is 0.538. The fourth-order valence-electron chi connectivity index (χ4n) is 1.40. The molecule has 0 radical (unpaired) electrons. The quantitative estimate of drug-likeness (QED) is 0.432. The Morgan fingerprint density at radius 2 is 1.88 bits per heavy atom. The van der Waals surface area contributed by atoms with Gasteiger partial charge in [-0.3, -0.25) is 0 Å². The summed E-state index contributed by atoms with van der Waals surface area (Å²) >= 11 is 2.36. The van der Waals surface area contributed by atoms with Crippen LogP contribution in [0.15, 0.2) is 24.3 Å². The minimum absolute atomic E-state index is 0.182. The SMILES string of the molecule is CCOCCOC(CI)c1ccc(C)cc1. The van der Waals surface area contributed by atoms with Crippen molar-refractivity contribution in [3.05, 3.63) is 35.4 Å². The van der Waals surface area contributed by atoms with Crippen molar-refractivity contribution in [3.63, 3.8) is 0 Å². The van der Waals surface area contributed by atoms with Crippen LogP contribution in [0.5, 0.6) is 0 Å². The first-order valence-electron chi connectivity index (χ1n) is 5.59. The summed E-state index contributed by atoms with van der Waals surface area (Å²) < 4.78 is 12.0. The molecule has 16 heavy (non-hydrogen) atoms. The van der Waals surface area contributed by atoms with E-state index in [4.69, 9.17) is 9.47 Å². The molecule has 0 fully saturated rings. The maximum atomic E-state index is 5.79. The van der Waals surface area contributed by atoms with E-state index in [9.17, 15) is 0 Å². The molecule has 1 aromatic carbocycles. The zero-order chi connectivity index (χ0) is 11.8. The van der Waals surface area contributed by atoms with Crippen LogP contribution in [0, 0.1) is 6.92 Å². The molecule has 1 unspecified atom stereocenters. The van der Waals surface area contributed by atoms with Gasteiger partial charge in [-0.05, 0) is 19.4 Å². The molecule has 0 amide bonds. The van der Waals surface area contributed by atoms with Crippen LogP contribution in [0.25, 0.3) is 0 Å². The zero-order valence-corrected chi connectivity index (χ0v) is 12.1. The summed E-state index contributed by atoms with van der Waals surface area (Å²) in [6.07, 6.45) is 0.182. The Balaban J connectivity index is 2.44. The normalized spacial score (nSPS) is 12.7. The van der Waals surface area contributed by atoms with Gasteiger partial charge >= 0.3 is 0 Å². The summed E-state index contributed by atoms with van der Waals surface area (Å²) in [5, 5.41) is 0. The Kier molecular flexibility index (Phi) is 7.00. The number of aryl methyl sites for hydroxylation is 1. The predicted octanol–water partition coefficient (Wildman–Crippen LogP) is 3.52. The lowest BCUT2D eigenvalue weighted by molar-refractivity contribution is 0.0178. The average Bonchev–Trinajstić information content (AvgIpc) is 2.31. The second kappa shape index (κ2) is 8.03. The van der Waals surface area contributed by atoms with E-state index >= 15 is 0 Å². The van der Waals surface area contributed by atoms with Gasteiger partial charge in [-0.15, -0.1) is 0 Å². The van der Waals surface area contributed by atoms with Gasteiger partial charge in [0.1, 0.15) is 0 Å². The lowest BCUT2D eigenvalue weighted by atomic mass is 10.1. The number of halogens is 1. The van der Waals surface area contributed by atoms with Gasteiger partial charge in [0.25, 0.3) is 0 Å². The largest absolute Gasteiger partial charge is 0.379 e. The summed E-state index contributed by atoms with van der Waals surface area (Å²) in [7, 11) is 0. The highest BCUT2D eigenvalue weighted by Crippen LogP contribution is 2.20. The average molecular weight is 334 g/mol. The Hall–Kier alpha value is -0.130. The maximum absolute atomic E-state index is 5.79. The van der Waals surface area contributed by atoms with Gasteiger partial charge in [-0.1, -0.05) is 52.4 Å². The van der Waals surface area contributed by atoms with Gasteiger partial charge in [0.05, 0.1) is 19.3 Å². The minimum atomic E-state index is 0.182. The van der Waals surface area contributed by atoms with Gasteiger partial charge in [0.2, 0.25) is 0 Å². The van der Waals surface area contributed by atoms with Crippen molar-refractivity contribution in [1.82, 2.24) is 0 Å². The molecule has 0 heterocycles. The molecule has 1 atom stereocenters. The van der Waals surface area contributed by atoms with Crippen LogP contribution >= 0.6 is 22.6 Å². The monoisotopic (exact) mass is 334 g/mol. The Morgan fingerprint density at radius 1 is 1.19 bits per heavy atom. The number of ether oxygens (including phenoxy) is 2. The zero-order valence-electron chi connectivity index (χ0n) is 9.91. The van der Waals surface area contributed by atoms with Crippen LogP contribution < -0.4 is 0 Å². The van der Waals surface area contributed by atoms with E-state index in [1.165, 1.54) is 11.1 Å². The maximum Gasteiger partial charge on any atom is 0.0915 e. The third-order valence-electron chi connectivity index (χ3n) is 2.34. The number of benzene rings is 1. The third kappa shape index (κ3) is 4.80. The molecular weight excluding hydrogens is 315 g/mol. The molecule has 0 saturated heterocycles. The van der Waals surface area contributed by atoms with E-state index < -0.39 is 0 Å². The first kappa shape index (κ1) is 13.9. The van der Waals surface area contributed by atoms with Crippen molar-refractivity contribution >= 4 is 22.6 Å². The summed E-state index contributed by atoms with van der Waals surface area (Å²) in [6.45, 7) is 6.18. The third-order valence-corrected chi connectivity index (χ3v) is 3.14. The highest BCUT2D eigenvalue weighted by molar-refractivity contribution is 14.1. The van der Waals surface area contributed by atoms with Crippen LogP contribution in [-0.2, 0) is 9.47 Å². The Bertz CT molecular complexity index is 284. The predicted molar refractivity (Wildman–Crippen MR) is 75.3 cm³/mol. The van der Waals surface area contributed by atoms with E-state index in [2.05, 4.69) is 53.8 Å². The molecule has 1 rings (SSSR count). The van der Waals surface area contributed by atoms with Crippen molar-refractivity contribution < 1.29 is 9.47 Å². The molecule has 0 N–H and O–H groups in total. The highest BCUT2D eigenvalue weighted by Gasteiger charge is 2.09. The van der Waals surface area contributed by atoms with Crippen molar-refractivity contribution in [3.8, 4) is 0 Å². The van der Waals surface area contributed by atoms with Gasteiger partial charge in [-0.25, -0.2) is 0 Å². The minimum Gasteiger partial charge on any atom is -0.379 e. The summed E-state index contributed by atoms with van der Waals surface area (Å²) in [6, 6.07) is 8.53. The molecule has 0 spiro atoms. The molecule has 0 aliphatic rings. The molecule has 90 valence electrons. The van der Waals surface area contributed by atoms with Gasteiger partial charge < -0.3 is 9.47 Å². The standard InChI is InChI=1S/C13H19IO2/c1-3-15-8-9-16-13(10-14)12-6-4-11(2)5-7-12/h4-7,13H,3,8-10H2,1-2H3.